The van der Waals surface area contributed by atoms with Crippen molar-refractivity contribution >= 4 is 46.3 Å². The summed E-state index contributed by atoms with van der Waals surface area (Å²) in [6.07, 6.45) is 0. The third kappa shape index (κ3) is 5.83. The third-order valence-electron chi connectivity index (χ3n) is 5.43. The minimum Gasteiger partial charge on any atom is -0.353 e. The highest BCUT2D eigenvalue weighted by atomic mass is 32.2. The lowest BCUT2D eigenvalue weighted by Crippen LogP contribution is -2.30. The van der Waals surface area contributed by atoms with Gasteiger partial charge in [-0.3, -0.25) is 9.59 Å². The number of thioether (sulfide) groups is 1. The van der Waals surface area contributed by atoms with E-state index in [0.717, 1.165) is 16.1 Å². The second-order valence-corrected chi connectivity index (χ2v) is 9.95. The van der Waals surface area contributed by atoms with Crippen molar-refractivity contribution in [2.75, 3.05) is 16.4 Å². The van der Waals surface area contributed by atoms with E-state index in [0.29, 0.717) is 27.6 Å². The number of carbonyl (C=O) groups excluding carboxylic acids is 2. The number of dihydropyridines is 1. The molecule has 2 amide bonds. The predicted molar refractivity (Wildman–Crippen MR) is 143 cm³/mol. The number of rotatable bonds is 7. The Morgan fingerprint density at radius 1 is 1.00 bits per heavy atom. The first-order valence-corrected chi connectivity index (χ1v) is 12.8. The maximum atomic E-state index is 13.3. The van der Waals surface area contributed by atoms with E-state index in [1.54, 1.807) is 0 Å². The maximum Gasteiger partial charge on any atom is 0.254 e. The largest absolute Gasteiger partial charge is 0.353 e. The first-order valence-electron chi connectivity index (χ1n) is 11.0. The summed E-state index contributed by atoms with van der Waals surface area (Å²) in [7, 11) is 0. The van der Waals surface area contributed by atoms with E-state index in [9.17, 15) is 14.9 Å². The van der Waals surface area contributed by atoms with Crippen LogP contribution < -0.4 is 16.0 Å². The summed E-state index contributed by atoms with van der Waals surface area (Å²) >= 11 is 2.75. The molecule has 6 nitrogen and oxygen atoms in total. The minimum absolute atomic E-state index is 0.122. The van der Waals surface area contributed by atoms with Crippen LogP contribution in [0.25, 0.3) is 0 Å². The second-order valence-electron chi connectivity index (χ2n) is 7.99. The van der Waals surface area contributed by atoms with Gasteiger partial charge in [-0.2, -0.15) is 5.26 Å². The standard InChI is InChI=1S/C27H24N4O2S2/c1-17-10-12-20(13-11-17)30-23(32)16-35-27-21(15-28)25(22-9-6-14-34-22)24(18(2)29-27)26(33)31-19-7-4-3-5-8-19/h3-14,25,29H,16H2,1-2H3,(H,30,32)(H,31,33)/t25-/m1/s1. The zero-order chi connectivity index (χ0) is 24.8. The molecule has 1 atom stereocenters. The van der Waals surface area contributed by atoms with E-state index in [4.69, 9.17) is 0 Å². The van der Waals surface area contributed by atoms with Crippen molar-refractivity contribution in [1.29, 1.82) is 5.26 Å². The number of nitrogens with one attached hydrogen (secondary N) is 3. The molecule has 0 aliphatic carbocycles. The Morgan fingerprint density at radius 3 is 2.37 bits per heavy atom. The molecule has 1 aromatic heterocycles. The fourth-order valence-corrected chi connectivity index (χ4v) is 5.49. The lowest BCUT2D eigenvalue weighted by Gasteiger charge is -2.29. The Kier molecular flexibility index (Phi) is 7.70. The topological polar surface area (TPSA) is 94.0 Å². The second kappa shape index (κ2) is 11.1. The van der Waals surface area contributed by atoms with Crippen molar-refractivity contribution < 1.29 is 9.59 Å². The highest BCUT2D eigenvalue weighted by molar-refractivity contribution is 8.03. The van der Waals surface area contributed by atoms with Gasteiger partial charge in [-0.05, 0) is 49.6 Å². The molecule has 176 valence electrons. The molecule has 0 unspecified atom stereocenters. The van der Waals surface area contributed by atoms with E-state index in [1.165, 1.54) is 23.1 Å². The highest BCUT2D eigenvalue weighted by Crippen LogP contribution is 2.42. The molecule has 1 aliphatic rings. The minimum atomic E-state index is -0.521. The molecule has 2 heterocycles. The molecular formula is C27H24N4O2S2. The van der Waals surface area contributed by atoms with Crippen molar-refractivity contribution in [3.05, 3.63) is 104 Å². The van der Waals surface area contributed by atoms with Crippen LogP contribution in [0.15, 0.2) is 94.0 Å². The number of benzene rings is 2. The van der Waals surface area contributed by atoms with Gasteiger partial charge in [-0.15, -0.1) is 11.3 Å². The smallest absolute Gasteiger partial charge is 0.254 e. The van der Waals surface area contributed by atoms with E-state index >= 15 is 0 Å². The maximum absolute atomic E-state index is 13.3. The van der Waals surface area contributed by atoms with Crippen molar-refractivity contribution in [3.63, 3.8) is 0 Å². The van der Waals surface area contributed by atoms with E-state index in [-0.39, 0.29) is 17.6 Å². The van der Waals surface area contributed by atoms with Crippen LogP contribution in [0.5, 0.6) is 0 Å². The molecule has 2 aromatic carbocycles. The number of amides is 2. The lowest BCUT2D eigenvalue weighted by molar-refractivity contribution is -0.114. The average Bonchev–Trinajstić information content (AvgIpc) is 3.39. The summed E-state index contributed by atoms with van der Waals surface area (Å²) in [4.78, 5) is 26.8. The monoisotopic (exact) mass is 500 g/mol. The number of carbonyl (C=O) groups is 2. The summed E-state index contributed by atoms with van der Waals surface area (Å²) < 4.78 is 0. The molecule has 3 N–H and O–H groups in total. The zero-order valence-electron chi connectivity index (χ0n) is 19.3. The van der Waals surface area contributed by atoms with Gasteiger partial charge in [0.05, 0.1) is 28.3 Å². The van der Waals surface area contributed by atoms with Gasteiger partial charge in [0.2, 0.25) is 5.91 Å². The Morgan fingerprint density at radius 2 is 1.71 bits per heavy atom. The Labute approximate surface area is 212 Å². The molecule has 0 fully saturated rings. The van der Waals surface area contributed by atoms with E-state index in [1.807, 2.05) is 86.0 Å². The summed E-state index contributed by atoms with van der Waals surface area (Å²) in [5.41, 5.74) is 4.07. The quantitative estimate of drug-likeness (QED) is 0.383. The van der Waals surface area contributed by atoms with Gasteiger partial charge in [0.1, 0.15) is 0 Å². The molecule has 8 heteroatoms. The number of hydrogen-bond acceptors (Lipinski definition) is 6. The van der Waals surface area contributed by atoms with Crippen LogP contribution in [0.2, 0.25) is 0 Å². The number of thiophene rings is 1. The van der Waals surface area contributed by atoms with E-state index in [2.05, 4.69) is 22.0 Å². The predicted octanol–water partition coefficient (Wildman–Crippen LogP) is 5.76. The molecule has 0 radical (unpaired) electrons. The Balaban J connectivity index is 1.57. The number of allylic oxidation sites excluding steroid dienone is 2. The van der Waals surface area contributed by atoms with Gasteiger partial charge < -0.3 is 16.0 Å². The fourth-order valence-electron chi connectivity index (χ4n) is 3.76. The molecule has 0 saturated carbocycles. The van der Waals surface area contributed by atoms with Crippen LogP contribution in [-0.2, 0) is 9.59 Å². The van der Waals surface area contributed by atoms with Gasteiger partial charge in [0.15, 0.2) is 0 Å². The van der Waals surface area contributed by atoms with Gasteiger partial charge in [0, 0.05) is 27.5 Å². The van der Waals surface area contributed by atoms with Crippen LogP contribution in [0.1, 0.15) is 23.3 Å². The number of nitriles is 1. The molecule has 1 aliphatic heterocycles. The van der Waals surface area contributed by atoms with Gasteiger partial charge >= 0.3 is 0 Å². The summed E-state index contributed by atoms with van der Waals surface area (Å²) in [5.74, 6) is -0.842. The highest BCUT2D eigenvalue weighted by Gasteiger charge is 2.35. The first-order chi connectivity index (χ1) is 17.0. The number of hydrogen-bond donors (Lipinski definition) is 3. The molecule has 0 saturated heterocycles. The van der Waals surface area contributed by atoms with Crippen LogP contribution in [0.4, 0.5) is 11.4 Å². The summed E-state index contributed by atoms with van der Waals surface area (Å²) in [6, 6.07) is 22.9. The van der Waals surface area contributed by atoms with Crippen molar-refractivity contribution in [2.45, 2.75) is 19.8 Å². The summed E-state index contributed by atoms with van der Waals surface area (Å²) in [5, 5.41) is 21.7. The Bertz CT molecular complexity index is 1320. The van der Waals surface area contributed by atoms with Gasteiger partial charge in [0.25, 0.3) is 5.91 Å². The normalized spacial score (nSPS) is 15.3. The van der Waals surface area contributed by atoms with Crippen LogP contribution in [-0.4, -0.2) is 17.6 Å². The van der Waals surface area contributed by atoms with Crippen LogP contribution in [0, 0.1) is 18.3 Å². The molecular weight excluding hydrogens is 476 g/mol. The molecule has 0 spiro atoms. The van der Waals surface area contributed by atoms with Crippen LogP contribution >= 0.6 is 23.1 Å². The number of anilines is 2. The van der Waals surface area contributed by atoms with Crippen molar-refractivity contribution in [2.24, 2.45) is 0 Å². The van der Waals surface area contributed by atoms with Gasteiger partial charge in [-0.1, -0.05) is 53.7 Å². The fraction of sp³-hybridized carbons (Fsp3) is 0.148. The molecule has 35 heavy (non-hydrogen) atoms. The Hall–Kier alpha value is -3.80. The molecule has 4 rings (SSSR count). The summed E-state index contributed by atoms with van der Waals surface area (Å²) in [6.45, 7) is 3.81. The molecule has 3 aromatic rings. The van der Waals surface area contributed by atoms with Crippen molar-refractivity contribution in [3.8, 4) is 6.07 Å². The number of nitrogens with zero attached hydrogens (tertiary/aromatic N) is 1. The third-order valence-corrected chi connectivity index (χ3v) is 7.39. The number of para-hydroxylation sites is 1. The van der Waals surface area contributed by atoms with Gasteiger partial charge in [-0.25, -0.2) is 0 Å². The number of aryl methyl sites for hydroxylation is 1. The first kappa shape index (κ1) is 24.3. The van der Waals surface area contributed by atoms with E-state index < -0.39 is 5.92 Å². The zero-order valence-corrected chi connectivity index (χ0v) is 20.9. The average molecular weight is 501 g/mol. The SMILES string of the molecule is CC1=C(C(=O)Nc2ccccc2)[C@@H](c2cccs2)C(C#N)=C(SCC(=O)Nc2ccc(C)cc2)N1. The lowest BCUT2D eigenvalue weighted by atomic mass is 9.86. The van der Waals surface area contributed by atoms with Crippen LogP contribution in [0.3, 0.4) is 0 Å². The molecule has 0 bridgehead atoms. The van der Waals surface area contributed by atoms with Crippen molar-refractivity contribution in [1.82, 2.24) is 5.32 Å².